The highest BCUT2D eigenvalue weighted by molar-refractivity contribution is 5.92. The SMILES string of the molecule is CN1CCCC(NC(=O)c2cccc(N)n2)C1. The molecular weight excluding hydrogens is 216 g/mol. The first-order chi connectivity index (χ1) is 8.15. The predicted octanol–water partition coefficient (Wildman–Crippen LogP) is 0.488. The normalized spacial score (nSPS) is 21.1. The number of hydrogen-bond acceptors (Lipinski definition) is 4. The minimum atomic E-state index is -0.141. The highest BCUT2D eigenvalue weighted by atomic mass is 16.1. The molecule has 5 heteroatoms. The molecule has 1 amide bonds. The van der Waals surface area contributed by atoms with E-state index in [4.69, 9.17) is 5.73 Å². The van der Waals surface area contributed by atoms with Crippen LogP contribution < -0.4 is 11.1 Å². The van der Waals surface area contributed by atoms with Gasteiger partial charge in [0.1, 0.15) is 11.5 Å². The van der Waals surface area contributed by atoms with Crippen molar-refractivity contribution in [3.63, 3.8) is 0 Å². The molecule has 1 unspecified atom stereocenters. The number of nitrogen functional groups attached to an aromatic ring is 1. The number of anilines is 1. The fourth-order valence-corrected chi connectivity index (χ4v) is 2.12. The molecule has 1 aromatic rings. The Labute approximate surface area is 101 Å². The van der Waals surface area contributed by atoms with E-state index in [1.807, 2.05) is 0 Å². The van der Waals surface area contributed by atoms with Crippen molar-refractivity contribution >= 4 is 11.7 Å². The van der Waals surface area contributed by atoms with E-state index in [9.17, 15) is 4.79 Å². The van der Waals surface area contributed by atoms with Crippen molar-refractivity contribution in [2.45, 2.75) is 18.9 Å². The summed E-state index contributed by atoms with van der Waals surface area (Å²) in [6.45, 7) is 2.00. The average molecular weight is 234 g/mol. The topological polar surface area (TPSA) is 71.2 Å². The minimum Gasteiger partial charge on any atom is -0.384 e. The average Bonchev–Trinajstić information content (AvgIpc) is 2.29. The van der Waals surface area contributed by atoms with Gasteiger partial charge in [-0.05, 0) is 38.6 Å². The van der Waals surface area contributed by atoms with Gasteiger partial charge in [0, 0.05) is 12.6 Å². The molecule has 3 N–H and O–H groups in total. The van der Waals surface area contributed by atoms with Gasteiger partial charge in [-0.15, -0.1) is 0 Å². The molecule has 0 bridgehead atoms. The van der Waals surface area contributed by atoms with Gasteiger partial charge < -0.3 is 16.0 Å². The molecule has 0 saturated carbocycles. The molecule has 1 saturated heterocycles. The van der Waals surface area contributed by atoms with Gasteiger partial charge >= 0.3 is 0 Å². The number of carbonyl (C=O) groups is 1. The Morgan fingerprint density at radius 1 is 1.59 bits per heavy atom. The molecule has 1 fully saturated rings. The number of pyridine rings is 1. The van der Waals surface area contributed by atoms with Gasteiger partial charge in [-0.2, -0.15) is 0 Å². The smallest absolute Gasteiger partial charge is 0.270 e. The first-order valence-electron chi connectivity index (χ1n) is 5.87. The number of nitrogens with two attached hydrogens (primary N) is 1. The number of likely N-dealkylation sites (tertiary alicyclic amines) is 1. The molecule has 0 aliphatic carbocycles. The van der Waals surface area contributed by atoms with Crippen molar-refractivity contribution in [3.8, 4) is 0 Å². The molecular formula is C12H18N4O. The van der Waals surface area contributed by atoms with E-state index in [0.717, 1.165) is 25.9 Å². The Morgan fingerprint density at radius 3 is 3.12 bits per heavy atom. The van der Waals surface area contributed by atoms with Gasteiger partial charge in [-0.3, -0.25) is 4.79 Å². The highest BCUT2D eigenvalue weighted by Crippen LogP contribution is 2.09. The molecule has 0 aromatic carbocycles. The van der Waals surface area contributed by atoms with Crippen molar-refractivity contribution in [2.24, 2.45) is 0 Å². The van der Waals surface area contributed by atoms with E-state index >= 15 is 0 Å². The Balaban J connectivity index is 1.97. The van der Waals surface area contributed by atoms with E-state index in [1.54, 1.807) is 18.2 Å². The lowest BCUT2D eigenvalue weighted by Gasteiger charge is -2.30. The number of nitrogens with one attached hydrogen (secondary N) is 1. The summed E-state index contributed by atoms with van der Waals surface area (Å²) < 4.78 is 0. The van der Waals surface area contributed by atoms with Crippen LogP contribution in [0.5, 0.6) is 0 Å². The molecule has 0 spiro atoms. The zero-order chi connectivity index (χ0) is 12.3. The quantitative estimate of drug-likeness (QED) is 0.781. The largest absolute Gasteiger partial charge is 0.384 e. The second-order valence-corrected chi connectivity index (χ2v) is 4.52. The number of piperidine rings is 1. The molecule has 0 radical (unpaired) electrons. The van der Waals surface area contributed by atoms with Crippen LogP contribution in [0.3, 0.4) is 0 Å². The zero-order valence-corrected chi connectivity index (χ0v) is 10.0. The molecule has 92 valence electrons. The van der Waals surface area contributed by atoms with Crippen molar-refractivity contribution in [1.82, 2.24) is 15.2 Å². The number of nitrogens with zero attached hydrogens (tertiary/aromatic N) is 2. The second-order valence-electron chi connectivity index (χ2n) is 4.52. The predicted molar refractivity (Wildman–Crippen MR) is 66.6 cm³/mol. The summed E-state index contributed by atoms with van der Waals surface area (Å²) in [6.07, 6.45) is 2.14. The number of carbonyl (C=O) groups excluding carboxylic acids is 1. The Kier molecular flexibility index (Phi) is 3.58. The number of aromatic nitrogens is 1. The summed E-state index contributed by atoms with van der Waals surface area (Å²) in [6, 6.07) is 5.30. The van der Waals surface area contributed by atoms with Crippen molar-refractivity contribution in [3.05, 3.63) is 23.9 Å². The van der Waals surface area contributed by atoms with Gasteiger partial charge in [0.15, 0.2) is 0 Å². The third-order valence-electron chi connectivity index (χ3n) is 2.96. The number of hydrogen-bond donors (Lipinski definition) is 2. The lowest BCUT2D eigenvalue weighted by atomic mass is 10.1. The third kappa shape index (κ3) is 3.17. The van der Waals surface area contributed by atoms with Crippen LogP contribution in [0.2, 0.25) is 0 Å². The Bertz CT molecular complexity index is 407. The fraction of sp³-hybridized carbons (Fsp3) is 0.500. The standard InChI is InChI=1S/C12H18N4O/c1-16-7-3-4-9(8-16)14-12(17)10-5-2-6-11(13)15-10/h2,5-6,9H,3-4,7-8H2,1H3,(H2,13,15)(H,14,17). The Morgan fingerprint density at radius 2 is 2.41 bits per heavy atom. The summed E-state index contributed by atoms with van der Waals surface area (Å²) in [7, 11) is 2.07. The van der Waals surface area contributed by atoms with Crippen molar-refractivity contribution < 1.29 is 4.79 Å². The second kappa shape index (κ2) is 5.14. The maximum Gasteiger partial charge on any atom is 0.270 e. The summed E-state index contributed by atoms with van der Waals surface area (Å²) in [5, 5.41) is 2.99. The van der Waals surface area contributed by atoms with Crippen LogP contribution in [0.15, 0.2) is 18.2 Å². The molecule has 2 rings (SSSR count). The summed E-state index contributed by atoms with van der Waals surface area (Å²) in [4.78, 5) is 18.2. The first-order valence-corrected chi connectivity index (χ1v) is 5.87. The minimum absolute atomic E-state index is 0.141. The molecule has 17 heavy (non-hydrogen) atoms. The lowest BCUT2D eigenvalue weighted by molar-refractivity contribution is 0.0907. The molecule has 1 aliphatic rings. The lowest BCUT2D eigenvalue weighted by Crippen LogP contribution is -2.46. The summed E-state index contributed by atoms with van der Waals surface area (Å²) in [5.41, 5.74) is 5.94. The van der Waals surface area contributed by atoms with E-state index in [0.29, 0.717) is 11.5 Å². The molecule has 5 nitrogen and oxygen atoms in total. The molecule has 1 aliphatic heterocycles. The fourth-order valence-electron chi connectivity index (χ4n) is 2.12. The van der Waals surface area contributed by atoms with Crippen LogP contribution in [0.4, 0.5) is 5.82 Å². The first kappa shape index (κ1) is 11.9. The van der Waals surface area contributed by atoms with Crippen molar-refractivity contribution in [1.29, 1.82) is 0 Å². The van der Waals surface area contributed by atoms with E-state index < -0.39 is 0 Å². The van der Waals surface area contributed by atoms with Crippen LogP contribution in [0, 0.1) is 0 Å². The monoisotopic (exact) mass is 234 g/mol. The number of likely N-dealkylation sites (N-methyl/N-ethyl adjacent to an activating group) is 1. The van der Waals surface area contributed by atoms with Crippen LogP contribution >= 0.6 is 0 Å². The van der Waals surface area contributed by atoms with Gasteiger partial charge in [-0.25, -0.2) is 4.98 Å². The molecule has 2 heterocycles. The summed E-state index contributed by atoms with van der Waals surface area (Å²) >= 11 is 0. The van der Waals surface area contributed by atoms with Crippen LogP contribution in [-0.2, 0) is 0 Å². The Hall–Kier alpha value is -1.62. The molecule has 1 aromatic heterocycles. The number of amides is 1. The molecule has 1 atom stereocenters. The van der Waals surface area contributed by atoms with Crippen LogP contribution in [0.1, 0.15) is 23.3 Å². The summed E-state index contributed by atoms with van der Waals surface area (Å²) in [5.74, 6) is 0.232. The number of rotatable bonds is 2. The third-order valence-corrected chi connectivity index (χ3v) is 2.96. The van der Waals surface area contributed by atoms with Crippen molar-refractivity contribution in [2.75, 3.05) is 25.9 Å². The van der Waals surface area contributed by atoms with Gasteiger partial charge in [0.25, 0.3) is 5.91 Å². The van der Waals surface area contributed by atoms with Crippen LogP contribution in [-0.4, -0.2) is 42.0 Å². The highest BCUT2D eigenvalue weighted by Gasteiger charge is 2.19. The van der Waals surface area contributed by atoms with Crippen LogP contribution in [0.25, 0.3) is 0 Å². The van der Waals surface area contributed by atoms with Gasteiger partial charge in [0.2, 0.25) is 0 Å². The maximum atomic E-state index is 11.9. The van der Waals surface area contributed by atoms with E-state index in [-0.39, 0.29) is 11.9 Å². The zero-order valence-electron chi connectivity index (χ0n) is 10.0. The van der Waals surface area contributed by atoms with Gasteiger partial charge in [-0.1, -0.05) is 6.07 Å². The van der Waals surface area contributed by atoms with E-state index in [2.05, 4.69) is 22.2 Å². The van der Waals surface area contributed by atoms with E-state index in [1.165, 1.54) is 0 Å². The van der Waals surface area contributed by atoms with Gasteiger partial charge in [0.05, 0.1) is 0 Å². The maximum absolute atomic E-state index is 11.9.